The highest BCUT2D eigenvalue weighted by Crippen LogP contribution is 2.17. The minimum absolute atomic E-state index is 0.753. The average molecular weight is 283 g/mol. The average Bonchev–Trinajstić information content (AvgIpc) is 2.45. The molecule has 1 heteroatoms. The molecule has 0 saturated carbocycles. The van der Waals surface area contributed by atoms with Gasteiger partial charge < -0.3 is 4.79 Å². The Morgan fingerprint density at radius 3 is 1.65 bits per heavy atom. The summed E-state index contributed by atoms with van der Waals surface area (Å²) >= 11 is 0. The predicted octanol–water partition coefficient (Wildman–Crippen LogP) is 6.69. The van der Waals surface area contributed by atoms with Gasteiger partial charge in [0.1, 0.15) is 6.29 Å². The summed E-state index contributed by atoms with van der Waals surface area (Å²) in [5, 5.41) is 0. The molecule has 0 aromatic carbocycles. The molecule has 0 fully saturated rings. The fraction of sp³-hybridized carbons (Fsp3) is 0.947. The van der Waals surface area contributed by atoms with Crippen molar-refractivity contribution in [3.05, 3.63) is 0 Å². The van der Waals surface area contributed by atoms with E-state index < -0.39 is 0 Å². The van der Waals surface area contributed by atoms with Gasteiger partial charge in [-0.3, -0.25) is 0 Å². The van der Waals surface area contributed by atoms with Gasteiger partial charge in [0, 0.05) is 6.42 Å². The molecule has 0 saturated heterocycles. The van der Waals surface area contributed by atoms with Gasteiger partial charge in [0.25, 0.3) is 0 Å². The number of carbonyl (C=O) groups is 1. The zero-order valence-electron chi connectivity index (χ0n) is 14.2. The molecule has 0 bridgehead atoms. The molecule has 0 rings (SSSR count). The zero-order valence-corrected chi connectivity index (χ0v) is 14.2. The highest BCUT2D eigenvalue weighted by atomic mass is 16.1. The summed E-state index contributed by atoms with van der Waals surface area (Å²) in [6.07, 6.45) is 21.2. The van der Waals surface area contributed by atoms with E-state index in [0.29, 0.717) is 0 Å². The Hall–Kier alpha value is -0.330. The first-order chi connectivity index (χ1) is 9.81. The van der Waals surface area contributed by atoms with Crippen molar-refractivity contribution >= 4 is 6.29 Å². The second kappa shape index (κ2) is 16.7. The molecule has 20 heavy (non-hydrogen) atoms. The Morgan fingerprint density at radius 2 is 1.15 bits per heavy atom. The van der Waals surface area contributed by atoms with Crippen LogP contribution in [0.5, 0.6) is 0 Å². The van der Waals surface area contributed by atoms with E-state index in [0.717, 1.165) is 25.0 Å². The SMILES string of the molecule is CCCCCCCCCCCCCC(C)CCCC=O. The third-order valence-corrected chi connectivity index (χ3v) is 4.32. The highest BCUT2D eigenvalue weighted by molar-refractivity contribution is 5.48. The quantitative estimate of drug-likeness (QED) is 0.227. The summed E-state index contributed by atoms with van der Waals surface area (Å²) < 4.78 is 0. The van der Waals surface area contributed by atoms with Crippen molar-refractivity contribution in [2.75, 3.05) is 0 Å². The van der Waals surface area contributed by atoms with E-state index in [-0.39, 0.29) is 0 Å². The molecule has 0 aliphatic heterocycles. The van der Waals surface area contributed by atoms with Crippen LogP contribution in [0, 0.1) is 5.92 Å². The van der Waals surface area contributed by atoms with E-state index in [1.807, 2.05) is 0 Å². The van der Waals surface area contributed by atoms with Crippen molar-refractivity contribution in [2.24, 2.45) is 5.92 Å². The number of hydrogen-bond acceptors (Lipinski definition) is 1. The smallest absolute Gasteiger partial charge is 0.119 e. The summed E-state index contributed by atoms with van der Waals surface area (Å²) in [6.45, 7) is 4.62. The van der Waals surface area contributed by atoms with Crippen molar-refractivity contribution in [3.8, 4) is 0 Å². The van der Waals surface area contributed by atoms with Crippen molar-refractivity contribution in [2.45, 2.75) is 110 Å². The summed E-state index contributed by atoms with van der Waals surface area (Å²) in [5.74, 6) is 0.813. The van der Waals surface area contributed by atoms with Gasteiger partial charge in [0.05, 0.1) is 0 Å². The molecule has 0 aromatic rings. The maximum atomic E-state index is 10.2. The van der Waals surface area contributed by atoms with Crippen molar-refractivity contribution in [3.63, 3.8) is 0 Å². The molecule has 0 spiro atoms. The number of aldehydes is 1. The molecule has 1 atom stereocenters. The van der Waals surface area contributed by atoms with Gasteiger partial charge in [0.2, 0.25) is 0 Å². The van der Waals surface area contributed by atoms with Crippen LogP contribution in [0.1, 0.15) is 110 Å². The van der Waals surface area contributed by atoms with E-state index in [4.69, 9.17) is 0 Å². The molecule has 0 amide bonds. The van der Waals surface area contributed by atoms with Crippen LogP contribution < -0.4 is 0 Å². The van der Waals surface area contributed by atoms with E-state index in [1.165, 1.54) is 83.5 Å². The van der Waals surface area contributed by atoms with Gasteiger partial charge in [-0.1, -0.05) is 97.3 Å². The first kappa shape index (κ1) is 19.7. The lowest BCUT2D eigenvalue weighted by Gasteiger charge is -2.09. The minimum atomic E-state index is 0.753. The molecular formula is C19H38O. The first-order valence-electron chi connectivity index (χ1n) is 9.24. The molecule has 0 aliphatic rings. The second-order valence-electron chi connectivity index (χ2n) is 6.53. The highest BCUT2D eigenvalue weighted by Gasteiger charge is 2.01. The molecule has 1 unspecified atom stereocenters. The standard InChI is InChI=1S/C19H38O/c1-3-4-5-6-7-8-9-10-11-12-13-16-19(2)17-14-15-18-20/h18-19H,3-17H2,1-2H3. The van der Waals surface area contributed by atoms with Crippen molar-refractivity contribution in [1.29, 1.82) is 0 Å². The van der Waals surface area contributed by atoms with Crippen LogP contribution in [0.15, 0.2) is 0 Å². The Labute approximate surface area is 127 Å². The zero-order chi connectivity index (χ0) is 14.9. The maximum Gasteiger partial charge on any atom is 0.119 e. The lowest BCUT2D eigenvalue weighted by molar-refractivity contribution is -0.107. The number of carbonyl (C=O) groups excluding carboxylic acids is 1. The fourth-order valence-electron chi connectivity index (χ4n) is 2.85. The topological polar surface area (TPSA) is 17.1 Å². The van der Waals surface area contributed by atoms with Crippen LogP contribution in [-0.2, 0) is 4.79 Å². The molecule has 0 aliphatic carbocycles. The lowest BCUT2D eigenvalue weighted by Crippen LogP contribution is -1.95. The molecule has 0 aromatic heterocycles. The van der Waals surface area contributed by atoms with Gasteiger partial charge in [0.15, 0.2) is 0 Å². The van der Waals surface area contributed by atoms with Crippen LogP contribution in [-0.4, -0.2) is 6.29 Å². The minimum Gasteiger partial charge on any atom is -0.303 e. The van der Waals surface area contributed by atoms with Gasteiger partial charge in [-0.2, -0.15) is 0 Å². The third-order valence-electron chi connectivity index (χ3n) is 4.32. The number of hydrogen-bond donors (Lipinski definition) is 0. The normalized spacial score (nSPS) is 12.5. The maximum absolute atomic E-state index is 10.2. The van der Waals surface area contributed by atoms with Crippen LogP contribution in [0.2, 0.25) is 0 Å². The molecule has 0 heterocycles. The Balaban J connectivity index is 3.06. The van der Waals surface area contributed by atoms with Crippen LogP contribution >= 0.6 is 0 Å². The van der Waals surface area contributed by atoms with Crippen molar-refractivity contribution in [1.82, 2.24) is 0 Å². The predicted molar refractivity (Wildman–Crippen MR) is 90.2 cm³/mol. The third kappa shape index (κ3) is 15.7. The summed E-state index contributed by atoms with van der Waals surface area (Å²) in [4.78, 5) is 10.2. The molecule has 0 radical (unpaired) electrons. The van der Waals surface area contributed by atoms with Crippen molar-refractivity contribution < 1.29 is 4.79 Å². The van der Waals surface area contributed by atoms with Gasteiger partial charge in [-0.05, 0) is 12.3 Å². The Morgan fingerprint density at radius 1 is 0.700 bits per heavy atom. The largest absolute Gasteiger partial charge is 0.303 e. The van der Waals surface area contributed by atoms with Gasteiger partial charge in [-0.15, -0.1) is 0 Å². The monoisotopic (exact) mass is 282 g/mol. The Kier molecular flexibility index (Phi) is 16.4. The van der Waals surface area contributed by atoms with E-state index >= 15 is 0 Å². The summed E-state index contributed by atoms with van der Waals surface area (Å²) in [6, 6.07) is 0. The first-order valence-corrected chi connectivity index (χ1v) is 9.24. The summed E-state index contributed by atoms with van der Waals surface area (Å²) in [7, 11) is 0. The molecular weight excluding hydrogens is 244 g/mol. The second-order valence-corrected chi connectivity index (χ2v) is 6.53. The van der Waals surface area contributed by atoms with E-state index in [1.54, 1.807) is 0 Å². The fourth-order valence-corrected chi connectivity index (χ4v) is 2.85. The van der Waals surface area contributed by atoms with Crippen LogP contribution in [0.25, 0.3) is 0 Å². The molecule has 1 nitrogen and oxygen atoms in total. The van der Waals surface area contributed by atoms with Gasteiger partial charge >= 0.3 is 0 Å². The number of rotatable bonds is 16. The van der Waals surface area contributed by atoms with E-state index in [9.17, 15) is 4.79 Å². The van der Waals surface area contributed by atoms with E-state index in [2.05, 4.69) is 13.8 Å². The lowest BCUT2D eigenvalue weighted by atomic mass is 9.97. The number of unbranched alkanes of at least 4 members (excludes halogenated alkanes) is 11. The van der Waals surface area contributed by atoms with Gasteiger partial charge in [-0.25, -0.2) is 0 Å². The Bertz CT molecular complexity index is 188. The molecule has 120 valence electrons. The molecule has 0 N–H and O–H groups in total. The summed E-state index contributed by atoms with van der Waals surface area (Å²) in [5.41, 5.74) is 0. The van der Waals surface area contributed by atoms with Crippen LogP contribution in [0.3, 0.4) is 0 Å². The van der Waals surface area contributed by atoms with Crippen LogP contribution in [0.4, 0.5) is 0 Å².